The molecule has 9 heteroatoms. The van der Waals surface area contributed by atoms with Crippen molar-refractivity contribution < 1.29 is 22.4 Å². The minimum atomic E-state index is -2.96. The maximum atomic E-state index is 13.0. The van der Waals surface area contributed by atoms with E-state index in [0.717, 1.165) is 0 Å². The minimum absolute atomic E-state index is 0.0616. The topological polar surface area (TPSA) is 83.6 Å². The van der Waals surface area contributed by atoms with Crippen molar-refractivity contribution in [3.05, 3.63) is 30.1 Å². The first-order chi connectivity index (χ1) is 11.2. The van der Waals surface area contributed by atoms with Gasteiger partial charge in [0.2, 0.25) is 11.8 Å². The molecule has 1 atom stereocenters. The van der Waals surface area contributed by atoms with Gasteiger partial charge in [-0.05, 0) is 24.6 Å². The zero-order valence-electron chi connectivity index (χ0n) is 13.2. The van der Waals surface area contributed by atoms with Crippen molar-refractivity contribution in [3.8, 4) is 0 Å². The lowest BCUT2D eigenvalue weighted by Crippen LogP contribution is -2.36. The number of sulfone groups is 1. The summed E-state index contributed by atoms with van der Waals surface area (Å²) in [5.41, 5.74) is 0.325. The number of nitrogens with one attached hydrogen (secondary N) is 1. The molecule has 1 aliphatic heterocycles. The molecule has 2 rings (SSSR count). The van der Waals surface area contributed by atoms with Gasteiger partial charge in [-0.25, -0.2) is 12.8 Å². The van der Waals surface area contributed by atoms with Crippen LogP contribution in [0.25, 0.3) is 0 Å². The van der Waals surface area contributed by atoms with Crippen molar-refractivity contribution in [3.63, 3.8) is 0 Å². The number of hydrogen-bond acceptors (Lipinski definition) is 5. The van der Waals surface area contributed by atoms with Crippen molar-refractivity contribution in [2.75, 3.05) is 36.2 Å². The molecular formula is C15H19FN2O4S2. The van der Waals surface area contributed by atoms with E-state index in [2.05, 4.69) is 5.32 Å². The summed E-state index contributed by atoms with van der Waals surface area (Å²) in [5, 5.41) is 2.46. The number of carbonyl (C=O) groups excluding carboxylic acids is 2. The van der Waals surface area contributed by atoms with Gasteiger partial charge in [-0.2, -0.15) is 0 Å². The number of thioether (sulfide) groups is 1. The molecule has 0 unspecified atom stereocenters. The van der Waals surface area contributed by atoms with Crippen molar-refractivity contribution in [1.82, 2.24) is 4.90 Å². The van der Waals surface area contributed by atoms with Crippen LogP contribution in [0.3, 0.4) is 0 Å². The van der Waals surface area contributed by atoms with Crippen LogP contribution in [-0.4, -0.2) is 61.2 Å². The van der Waals surface area contributed by atoms with Gasteiger partial charge in [0.25, 0.3) is 0 Å². The van der Waals surface area contributed by atoms with Crippen LogP contribution in [0.2, 0.25) is 0 Å². The van der Waals surface area contributed by atoms with Gasteiger partial charge < -0.3 is 10.2 Å². The van der Waals surface area contributed by atoms with Crippen molar-refractivity contribution >= 4 is 39.1 Å². The predicted octanol–water partition coefficient (Wildman–Crippen LogP) is 1.14. The van der Waals surface area contributed by atoms with E-state index in [0.29, 0.717) is 12.1 Å². The zero-order valence-corrected chi connectivity index (χ0v) is 14.8. The number of nitrogens with zero attached hydrogens (tertiary/aromatic N) is 1. The van der Waals surface area contributed by atoms with Crippen LogP contribution in [-0.2, 0) is 19.4 Å². The van der Waals surface area contributed by atoms with Crippen LogP contribution in [0.1, 0.15) is 6.42 Å². The molecule has 1 saturated heterocycles. The van der Waals surface area contributed by atoms with Crippen LogP contribution < -0.4 is 5.32 Å². The van der Waals surface area contributed by atoms with Crippen molar-refractivity contribution in [2.45, 2.75) is 11.7 Å². The minimum Gasteiger partial charge on any atom is -0.336 e. The first-order valence-electron chi connectivity index (χ1n) is 7.36. The third kappa shape index (κ3) is 5.79. The molecule has 1 aromatic rings. The highest BCUT2D eigenvalue weighted by molar-refractivity contribution is 8.02. The maximum absolute atomic E-state index is 13.0. The number of carbonyl (C=O) groups is 2. The molecule has 1 heterocycles. The first kappa shape index (κ1) is 18.7. The Morgan fingerprint density at radius 1 is 1.42 bits per heavy atom. The number of anilines is 1. The third-order valence-corrected chi connectivity index (χ3v) is 6.81. The Kier molecular flexibility index (Phi) is 6.22. The molecule has 0 bridgehead atoms. The number of likely N-dealkylation sites (N-methyl/N-ethyl adjacent to an activating group) is 1. The fraction of sp³-hybridized carbons (Fsp3) is 0.467. The van der Waals surface area contributed by atoms with Crippen molar-refractivity contribution in [1.29, 1.82) is 0 Å². The summed E-state index contributed by atoms with van der Waals surface area (Å²) >= 11 is 1.30. The SMILES string of the molecule is CN(CC(=O)Nc1cccc(F)c1)C(=O)CS[C@H]1CCS(=O)(=O)C1. The normalized spacial score (nSPS) is 19.0. The number of halogens is 1. The Morgan fingerprint density at radius 2 is 2.17 bits per heavy atom. The molecule has 132 valence electrons. The summed E-state index contributed by atoms with van der Waals surface area (Å²) < 4.78 is 35.8. The molecule has 6 nitrogen and oxygen atoms in total. The Labute approximate surface area is 144 Å². The summed E-state index contributed by atoms with van der Waals surface area (Å²) in [6.45, 7) is -0.154. The molecule has 1 aliphatic rings. The quantitative estimate of drug-likeness (QED) is 0.807. The summed E-state index contributed by atoms with van der Waals surface area (Å²) in [6.07, 6.45) is 0.560. The highest BCUT2D eigenvalue weighted by Gasteiger charge is 2.29. The van der Waals surface area contributed by atoms with Gasteiger partial charge in [0.15, 0.2) is 9.84 Å². The van der Waals surface area contributed by atoms with E-state index in [-0.39, 0.29) is 35.0 Å². The average molecular weight is 374 g/mol. The second-order valence-corrected chi connectivity index (χ2v) is 9.16. The monoisotopic (exact) mass is 374 g/mol. The van der Waals surface area contributed by atoms with E-state index in [9.17, 15) is 22.4 Å². The van der Waals surface area contributed by atoms with Crippen molar-refractivity contribution in [2.24, 2.45) is 0 Å². The van der Waals surface area contributed by atoms with Gasteiger partial charge in [-0.1, -0.05) is 6.07 Å². The van der Waals surface area contributed by atoms with E-state index in [4.69, 9.17) is 0 Å². The Balaban J connectivity index is 1.75. The van der Waals surface area contributed by atoms with Crippen LogP contribution in [0.5, 0.6) is 0 Å². The van der Waals surface area contributed by atoms with Gasteiger partial charge in [0.05, 0.1) is 23.8 Å². The number of benzene rings is 1. The molecule has 0 aliphatic carbocycles. The van der Waals surface area contributed by atoms with E-state index in [1.54, 1.807) is 6.07 Å². The lowest BCUT2D eigenvalue weighted by molar-refractivity contribution is -0.131. The maximum Gasteiger partial charge on any atom is 0.243 e. The largest absolute Gasteiger partial charge is 0.336 e. The smallest absolute Gasteiger partial charge is 0.243 e. The predicted molar refractivity (Wildman–Crippen MR) is 92.2 cm³/mol. The highest BCUT2D eigenvalue weighted by atomic mass is 32.2. The average Bonchev–Trinajstić information content (AvgIpc) is 2.83. The Hall–Kier alpha value is -1.61. The summed E-state index contributed by atoms with van der Waals surface area (Å²) in [5.74, 6) is -0.729. The summed E-state index contributed by atoms with van der Waals surface area (Å²) in [6, 6.07) is 5.49. The first-order valence-corrected chi connectivity index (χ1v) is 10.2. The summed E-state index contributed by atoms with van der Waals surface area (Å²) in [4.78, 5) is 25.2. The van der Waals surface area contributed by atoms with Crippen LogP contribution in [0.15, 0.2) is 24.3 Å². The molecule has 1 aromatic carbocycles. The van der Waals surface area contributed by atoms with Gasteiger partial charge in [-0.3, -0.25) is 9.59 Å². The second kappa shape index (κ2) is 7.98. The highest BCUT2D eigenvalue weighted by Crippen LogP contribution is 2.24. The molecule has 0 aromatic heterocycles. The number of rotatable bonds is 6. The lowest BCUT2D eigenvalue weighted by atomic mass is 10.3. The summed E-state index contributed by atoms with van der Waals surface area (Å²) in [7, 11) is -1.46. The van der Waals surface area contributed by atoms with Gasteiger partial charge in [-0.15, -0.1) is 11.8 Å². The zero-order chi connectivity index (χ0) is 17.7. The fourth-order valence-electron chi connectivity index (χ4n) is 2.26. The van der Waals surface area contributed by atoms with Crippen LogP contribution >= 0.6 is 11.8 Å². The molecule has 24 heavy (non-hydrogen) atoms. The Morgan fingerprint density at radius 3 is 2.79 bits per heavy atom. The van der Waals surface area contributed by atoms with E-state index < -0.39 is 21.6 Å². The Bertz CT molecular complexity index is 724. The van der Waals surface area contributed by atoms with Gasteiger partial charge in [0.1, 0.15) is 5.82 Å². The molecule has 0 radical (unpaired) electrons. The molecule has 2 amide bonds. The van der Waals surface area contributed by atoms with Crippen LogP contribution in [0, 0.1) is 5.82 Å². The van der Waals surface area contributed by atoms with Crippen LogP contribution in [0.4, 0.5) is 10.1 Å². The second-order valence-electron chi connectivity index (χ2n) is 5.64. The van der Waals surface area contributed by atoms with E-state index in [1.807, 2.05) is 0 Å². The fourth-order valence-corrected chi connectivity index (χ4v) is 5.84. The van der Waals surface area contributed by atoms with Gasteiger partial charge in [0, 0.05) is 18.0 Å². The number of amides is 2. The molecular weight excluding hydrogens is 355 g/mol. The van der Waals surface area contributed by atoms with E-state index >= 15 is 0 Å². The standard InChI is InChI=1S/C15H19FN2O4S2/c1-18(8-14(19)17-12-4-2-3-11(16)7-12)15(20)9-23-13-5-6-24(21,22)10-13/h2-4,7,13H,5-6,8-10H2,1H3,(H,17,19)/t13-/m0/s1. The van der Waals surface area contributed by atoms with E-state index in [1.165, 1.54) is 41.9 Å². The third-order valence-electron chi connectivity index (χ3n) is 3.55. The molecule has 0 saturated carbocycles. The number of hydrogen-bond donors (Lipinski definition) is 1. The molecule has 1 fully saturated rings. The molecule has 1 N–H and O–H groups in total. The lowest BCUT2D eigenvalue weighted by Gasteiger charge is -2.17. The van der Waals surface area contributed by atoms with Gasteiger partial charge >= 0.3 is 0 Å². The molecule has 0 spiro atoms.